The summed E-state index contributed by atoms with van der Waals surface area (Å²) < 4.78 is 9.89. The van der Waals surface area contributed by atoms with Crippen LogP contribution in [-0.4, -0.2) is 26.1 Å². The number of amides is 1. The zero-order valence-electron chi connectivity index (χ0n) is 14.5. The molecule has 2 aromatic rings. The van der Waals surface area contributed by atoms with Crippen LogP contribution in [0.4, 0.5) is 0 Å². The molecule has 2 aromatic carbocycles. The Kier molecular flexibility index (Phi) is 6.34. The van der Waals surface area contributed by atoms with Gasteiger partial charge in [-0.1, -0.05) is 35.9 Å². The van der Waals surface area contributed by atoms with Gasteiger partial charge in [0.2, 0.25) is 5.91 Å². The average molecular weight is 339 g/mol. The molecule has 0 fully saturated rings. The van der Waals surface area contributed by atoms with E-state index in [9.17, 15) is 9.59 Å². The first-order valence-electron chi connectivity index (χ1n) is 7.81. The summed E-state index contributed by atoms with van der Waals surface area (Å²) in [6.07, 6.45) is 3.25. The SMILES string of the molecule is COC(=O)c1cc(CNC(=O)C=Cc2cccc(C)c2)ccc1OC. The summed E-state index contributed by atoms with van der Waals surface area (Å²) in [7, 11) is 2.80. The molecule has 25 heavy (non-hydrogen) atoms. The molecule has 0 atom stereocenters. The molecule has 0 saturated heterocycles. The van der Waals surface area contributed by atoms with E-state index >= 15 is 0 Å². The van der Waals surface area contributed by atoms with Gasteiger partial charge in [0.15, 0.2) is 0 Å². The molecule has 0 aliphatic carbocycles. The highest BCUT2D eigenvalue weighted by Gasteiger charge is 2.13. The van der Waals surface area contributed by atoms with Gasteiger partial charge in [-0.15, -0.1) is 0 Å². The van der Waals surface area contributed by atoms with Crippen LogP contribution < -0.4 is 10.1 Å². The summed E-state index contributed by atoms with van der Waals surface area (Å²) in [5, 5.41) is 2.79. The van der Waals surface area contributed by atoms with Crippen molar-refractivity contribution < 1.29 is 19.1 Å². The summed E-state index contributed by atoms with van der Waals surface area (Å²) in [6, 6.07) is 13.0. The minimum atomic E-state index is -0.482. The molecule has 0 radical (unpaired) electrons. The first kappa shape index (κ1) is 18.3. The van der Waals surface area contributed by atoms with Crippen molar-refractivity contribution in [3.63, 3.8) is 0 Å². The Labute approximate surface area is 147 Å². The molecular formula is C20H21NO4. The van der Waals surface area contributed by atoms with Crippen molar-refractivity contribution in [3.05, 3.63) is 70.8 Å². The zero-order valence-corrected chi connectivity index (χ0v) is 14.5. The van der Waals surface area contributed by atoms with Gasteiger partial charge in [-0.05, 0) is 36.3 Å². The van der Waals surface area contributed by atoms with E-state index in [1.165, 1.54) is 20.3 Å². The van der Waals surface area contributed by atoms with E-state index in [0.29, 0.717) is 17.9 Å². The van der Waals surface area contributed by atoms with Gasteiger partial charge in [-0.2, -0.15) is 0 Å². The molecule has 0 aliphatic heterocycles. The molecule has 5 heteroatoms. The number of rotatable bonds is 6. The quantitative estimate of drug-likeness (QED) is 0.649. The minimum absolute atomic E-state index is 0.211. The fourth-order valence-electron chi connectivity index (χ4n) is 2.33. The summed E-state index contributed by atoms with van der Waals surface area (Å²) in [6.45, 7) is 2.30. The van der Waals surface area contributed by atoms with Gasteiger partial charge in [0, 0.05) is 12.6 Å². The molecule has 130 valence electrons. The number of aryl methyl sites for hydroxylation is 1. The van der Waals surface area contributed by atoms with Gasteiger partial charge in [0.25, 0.3) is 0 Å². The number of carbonyl (C=O) groups is 2. The summed E-state index contributed by atoms with van der Waals surface area (Å²) in [5.41, 5.74) is 3.20. The normalized spacial score (nSPS) is 10.5. The van der Waals surface area contributed by atoms with E-state index < -0.39 is 5.97 Å². The third kappa shape index (κ3) is 5.21. The molecule has 1 amide bonds. The van der Waals surface area contributed by atoms with Gasteiger partial charge in [-0.25, -0.2) is 4.79 Å². The number of ether oxygens (including phenoxy) is 2. The minimum Gasteiger partial charge on any atom is -0.496 e. The van der Waals surface area contributed by atoms with Gasteiger partial charge < -0.3 is 14.8 Å². The van der Waals surface area contributed by atoms with Crippen molar-refractivity contribution >= 4 is 18.0 Å². The fraction of sp³-hybridized carbons (Fsp3) is 0.200. The Bertz CT molecular complexity index is 796. The maximum Gasteiger partial charge on any atom is 0.341 e. The van der Waals surface area contributed by atoms with Crippen LogP contribution in [0, 0.1) is 6.92 Å². The van der Waals surface area contributed by atoms with Crippen molar-refractivity contribution in [1.29, 1.82) is 0 Å². The van der Waals surface area contributed by atoms with Crippen molar-refractivity contribution in [2.75, 3.05) is 14.2 Å². The van der Waals surface area contributed by atoms with Crippen LogP contribution in [0.25, 0.3) is 6.08 Å². The molecule has 0 unspecified atom stereocenters. The van der Waals surface area contributed by atoms with Crippen LogP contribution in [0.3, 0.4) is 0 Å². The van der Waals surface area contributed by atoms with Crippen molar-refractivity contribution in [2.24, 2.45) is 0 Å². The summed E-state index contributed by atoms with van der Waals surface area (Å²) in [5.74, 6) is -0.261. The maximum absolute atomic E-state index is 12.0. The van der Waals surface area contributed by atoms with E-state index in [2.05, 4.69) is 5.32 Å². The maximum atomic E-state index is 12.0. The molecule has 0 aliphatic rings. The molecule has 5 nitrogen and oxygen atoms in total. The van der Waals surface area contributed by atoms with Crippen LogP contribution in [0.1, 0.15) is 27.0 Å². The smallest absolute Gasteiger partial charge is 0.341 e. The number of nitrogens with one attached hydrogen (secondary N) is 1. The van der Waals surface area contributed by atoms with Crippen LogP contribution in [0.5, 0.6) is 5.75 Å². The van der Waals surface area contributed by atoms with E-state index in [1.54, 1.807) is 24.3 Å². The molecule has 0 saturated carbocycles. The van der Waals surface area contributed by atoms with Gasteiger partial charge >= 0.3 is 5.97 Å². The predicted octanol–water partition coefficient (Wildman–Crippen LogP) is 3.12. The lowest BCUT2D eigenvalue weighted by Gasteiger charge is -2.09. The highest BCUT2D eigenvalue weighted by atomic mass is 16.5. The molecule has 0 heterocycles. The second kappa shape index (κ2) is 8.68. The monoisotopic (exact) mass is 339 g/mol. The lowest BCUT2D eigenvalue weighted by molar-refractivity contribution is -0.116. The first-order chi connectivity index (χ1) is 12.0. The first-order valence-corrected chi connectivity index (χ1v) is 7.81. The van der Waals surface area contributed by atoms with Crippen molar-refractivity contribution in [3.8, 4) is 5.75 Å². The standard InChI is InChI=1S/C20H21NO4/c1-14-5-4-6-15(11-14)8-10-19(22)21-13-16-7-9-18(24-2)17(12-16)20(23)25-3/h4-12H,13H2,1-3H3,(H,21,22). The molecule has 0 aromatic heterocycles. The second-order valence-electron chi connectivity index (χ2n) is 5.49. The van der Waals surface area contributed by atoms with Gasteiger partial charge in [0.1, 0.15) is 11.3 Å². The average Bonchev–Trinajstić information content (AvgIpc) is 2.63. The molecule has 0 bridgehead atoms. The summed E-state index contributed by atoms with van der Waals surface area (Å²) >= 11 is 0. The van der Waals surface area contributed by atoms with Crippen LogP contribution >= 0.6 is 0 Å². The lowest BCUT2D eigenvalue weighted by Crippen LogP contribution is -2.20. The number of hydrogen-bond donors (Lipinski definition) is 1. The Hall–Kier alpha value is -3.08. The topological polar surface area (TPSA) is 64.6 Å². The van der Waals surface area contributed by atoms with E-state index in [-0.39, 0.29) is 5.91 Å². The Morgan fingerprint density at radius 1 is 1.12 bits per heavy atom. The van der Waals surface area contributed by atoms with Gasteiger partial charge in [0.05, 0.1) is 14.2 Å². The van der Waals surface area contributed by atoms with E-state index in [4.69, 9.17) is 9.47 Å². The molecule has 0 spiro atoms. The predicted molar refractivity (Wildman–Crippen MR) is 96.4 cm³/mol. The highest BCUT2D eigenvalue weighted by Crippen LogP contribution is 2.20. The number of methoxy groups -OCH3 is 2. The number of benzene rings is 2. The number of carbonyl (C=O) groups excluding carboxylic acids is 2. The second-order valence-corrected chi connectivity index (χ2v) is 5.49. The largest absolute Gasteiger partial charge is 0.496 e. The van der Waals surface area contributed by atoms with E-state index in [0.717, 1.165) is 16.7 Å². The highest BCUT2D eigenvalue weighted by molar-refractivity contribution is 5.93. The van der Waals surface area contributed by atoms with Crippen molar-refractivity contribution in [1.82, 2.24) is 5.32 Å². The Morgan fingerprint density at radius 2 is 1.92 bits per heavy atom. The van der Waals surface area contributed by atoms with E-state index in [1.807, 2.05) is 31.2 Å². The van der Waals surface area contributed by atoms with Gasteiger partial charge in [-0.3, -0.25) is 4.79 Å². The Balaban J connectivity index is 2.00. The Morgan fingerprint density at radius 3 is 2.60 bits per heavy atom. The van der Waals surface area contributed by atoms with Crippen molar-refractivity contribution in [2.45, 2.75) is 13.5 Å². The third-order valence-corrected chi connectivity index (χ3v) is 3.61. The van der Waals surface area contributed by atoms with Crippen LogP contribution in [0.2, 0.25) is 0 Å². The van der Waals surface area contributed by atoms with Crippen LogP contribution in [0.15, 0.2) is 48.5 Å². The fourth-order valence-corrected chi connectivity index (χ4v) is 2.33. The molecule has 2 rings (SSSR count). The number of esters is 1. The zero-order chi connectivity index (χ0) is 18.2. The lowest BCUT2D eigenvalue weighted by atomic mass is 10.1. The summed E-state index contributed by atoms with van der Waals surface area (Å²) in [4.78, 5) is 23.7. The number of hydrogen-bond acceptors (Lipinski definition) is 4. The molecular weight excluding hydrogens is 318 g/mol. The third-order valence-electron chi connectivity index (χ3n) is 3.61. The van der Waals surface area contributed by atoms with Crippen LogP contribution in [-0.2, 0) is 16.1 Å². The molecule has 1 N–H and O–H groups in total.